The van der Waals surface area contributed by atoms with Gasteiger partial charge in [-0.15, -0.1) is 0 Å². The Morgan fingerprint density at radius 1 is 1.04 bits per heavy atom. The Balaban J connectivity index is 1.33. The highest BCUT2D eigenvalue weighted by Gasteiger charge is 2.45. The van der Waals surface area contributed by atoms with E-state index in [1.54, 1.807) is 18.2 Å². The Bertz CT molecular complexity index is 2120. The molecule has 3 aromatic rings. The van der Waals surface area contributed by atoms with Gasteiger partial charge in [-0.3, -0.25) is 38.1 Å². The molecule has 2 aliphatic rings. The average Bonchev–Trinajstić information content (AvgIpc) is 3.77. The van der Waals surface area contributed by atoms with Gasteiger partial charge in [0.25, 0.3) is 11.4 Å². The number of aromatic amines is 1. The number of H-pyrrole nitrogens is 1. The van der Waals surface area contributed by atoms with Crippen molar-refractivity contribution >= 4 is 71.1 Å². The monoisotopic (exact) mass is 829 g/mol. The molecule has 18 nitrogen and oxygen atoms in total. The highest BCUT2D eigenvalue weighted by Crippen LogP contribution is 2.39. The van der Waals surface area contributed by atoms with Crippen molar-refractivity contribution in [3.8, 4) is 5.75 Å². The lowest BCUT2D eigenvalue weighted by atomic mass is 10.1. The summed E-state index contributed by atoms with van der Waals surface area (Å²) in [6.07, 6.45) is 2.30. The molecule has 1 aromatic heterocycles. The summed E-state index contributed by atoms with van der Waals surface area (Å²) in [5.74, 6) is -2.86. The van der Waals surface area contributed by atoms with Crippen LogP contribution in [0, 0.1) is 0 Å². The van der Waals surface area contributed by atoms with Crippen LogP contribution in [0.25, 0.3) is 10.9 Å². The quantitative estimate of drug-likeness (QED) is 0.102. The van der Waals surface area contributed by atoms with Gasteiger partial charge >= 0.3 is 7.60 Å². The van der Waals surface area contributed by atoms with E-state index in [4.69, 9.17) is 27.8 Å². The van der Waals surface area contributed by atoms with Crippen LogP contribution in [-0.2, 0) is 35.0 Å². The van der Waals surface area contributed by atoms with Crippen LogP contribution < -0.4 is 26.8 Å². The van der Waals surface area contributed by atoms with Gasteiger partial charge in [0.2, 0.25) is 29.5 Å². The van der Waals surface area contributed by atoms with E-state index in [-0.39, 0.29) is 62.5 Å². The summed E-state index contributed by atoms with van der Waals surface area (Å²) in [6, 6.07) is 6.94. The van der Waals surface area contributed by atoms with E-state index >= 15 is 0 Å². The van der Waals surface area contributed by atoms with Crippen molar-refractivity contribution in [3.05, 3.63) is 64.3 Å². The first-order valence-electron chi connectivity index (χ1n) is 18.3. The van der Waals surface area contributed by atoms with Gasteiger partial charge in [0.15, 0.2) is 0 Å². The van der Waals surface area contributed by atoms with E-state index in [2.05, 4.69) is 15.6 Å². The molecule has 306 valence electrons. The van der Waals surface area contributed by atoms with Crippen LogP contribution in [0.3, 0.4) is 0 Å². The fraction of sp³-hybridized carbons (Fsp3) is 0.432. The Hall–Kier alpha value is -5.29. The van der Waals surface area contributed by atoms with Gasteiger partial charge in [0.1, 0.15) is 30.1 Å². The number of nitrogens with zero attached hydrogens (tertiary/aromatic N) is 2. The third-order valence-electron chi connectivity index (χ3n) is 10.1. The van der Waals surface area contributed by atoms with Gasteiger partial charge in [-0.1, -0.05) is 23.7 Å². The summed E-state index contributed by atoms with van der Waals surface area (Å²) in [6.45, 7) is 1.32. The second-order valence-electron chi connectivity index (χ2n) is 14.2. The normalized spacial score (nSPS) is 18.9. The maximum Gasteiger partial charge on any atom is 0.396 e. The number of halogens is 1. The number of hydrogen-bond donors (Lipinski definition) is 7. The molecular weight excluding hydrogens is 785 g/mol. The van der Waals surface area contributed by atoms with E-state index < -0.39 is 66.8 Å². The molecule has 9 N–H and O–H groups in total. The van der Waals surface area contributed by atoms with Crippen LogP contribution in [0.15, 0.2) is 42.5 Å². The van der Waals surface area contributed by atoms with Crippen molar-refractivity contribution < 1.29 is 52.7 Å². The molecular formula is C37H45ClN7O11P. The Kier molecular flexibility index (Phi) is 13.8. The van der Waals surface area contributed by atoms with Crippen molar-refractivity contribution in [3.63, 3.8) is 0 Å². The lowest BCUT2D eigenvalue weighted by Gasteiger charge is -2.38. The molecule has 2 saturated heterocycles. The van der Waals surface area contributed by atoms with Crippen molar-refractivity contribution in [2.75, 3.05) is 19.7 Å². The summed E-state index contributed by atoms with van der Waals surface area (Å²) in [5, 5.41) is 6.22. The first kappa shape index (κ1) is 42.8. The number of hydrogen-bond acceptors (Lipinski definition) is 9. The number of ether oxygens (including phenoxy) is 1. The molecule has 0 bridgehead atoms. The maximum absolute atomic E-state index is 14.4. The molecule has 0 radical (unpaired) electrons. The number of amides is 6. The average molecular weight is 830 g/mol. The highest BCUT2D eigenvalue weighted by molar-refractivity contribution is 7.70. The van der Waals surface area contributed by atoms with Crippen LogP contribution in [0.2, 0.25) is 5.02 Å². The standard InChI is InChI=1S/C37H45ClN7O11P/c1-20(46)44-15-14-25-10-12-29(35(50)41-24(9-13-32(40)48)19-56-30-6-2-4-21(33(30)38)5-3-7-31(39)47)45(25)36(51)28(18-44)43-34(49)27-17-23-16-22(8-11-26(23)42-27)37(52)57(53,54)55/h2,4,6,8,11,16-17,24-25,28-29,42H,3,5,7,9-10,12-15,18-19H2,1H3,(H2,39,47)(H2,40,48)(H,41,50)(H,43,49)(H2,53,54,55)/t24?,25-,28?,29?/m1/s1. The number of aryl methyl sites for hydroxylation is 1. The summed E-state index contributed by atoms with van der Waals surface area (Å²) in [7, 11) is -5.06. The van der Waals surface area contributed by atoms with E-state index in [0.29, 0.717) is 47.4 Å². The minimum absolute atomic E-state index is 0.0316. The second-order valence-corrected chi connectivity index (χ2v) is 16.0. The number of aromatic nitrogens is 1. The molecule has 2 aliphatic heterocycles. The van der Waals surface area contributed by atoms with Gasteiger partial charge in [-0.25, -0.2) is 0 Å². The smallest absolute Gasteiger partial charge is 0.396 e. The molecule has 0 spiro atoms. The Labute approximate surface area is 332 Å². The van der Waals surface area contributed by atoms with Gasteiger partial charge in [-0.05, 0) is 74.4 Å². The number of nitrogens with two attached hydrogens (primary N) is 2. The SMILES string of the molecule is CC(=O)N1CC[C@H]2CCC(C(=O)NC(CCC(N)=O)COc3cccc(CCCC(N)=O)c3Cl)N2C(=O)C(NC(=O)c2cc3cc(C(=O)P(=O)(O)O)ccc3[nH]2)C1. The number of benzene rings is 2. The maximum atomic E-state index is 14.4. The Morgan fingerprint density at radius 2 is 1.77 bits per heavy atom. The molecule has 5 rings (SSSR count). The van der Waals surface area contributed by atoms with Gasteiger partial charge in [-0.2, -0.15) is 0 Å². The van der Waals surface area contributed by atoms with E-state index in [1.165, 1.54) is 41.0 Å². The lowest BCUT2D eigenvalue weighted by Crippen LogP contribution is -2.61. The predicted octanol–water partition coefficient (Wildman–Crippen LogP) is 1.49. The zero-order valence-electron chi connectivity index (χ0n) is 31.1. The molecule has 3 heterocycles. The van der Waals surface area contributed by atoms with Gasteiger partial charge in [0.05, 0.1) is 11.1 Å². The molecule has 2 fully saturated rings. The first-order chi connectivity index (χ1) is 26.9. The van der Waals surface area contributed by atoms with Gasteiger partial charge < -0.3 is 51.4 Å². The molecule has 2 aromatic carbocycles. The van der Waals surface area contributed by atoms with E-state index in [0.717, 1.165) is 5.56 Å². The number of primary amides is 2. The summed E-state index contributed by atoms with van der Waals surface area (Å²) in [5.41, 5.74) is 10.1. The zero-order chi connectivity index (χ0) is 41.6. The second kappa shape index (κ2) is 18.3. The van der Waals surface area contributed by atoms with Crippen LogP contribution in [0.1, 0.15) is 78.3 Å². The fourth-order valence-corrected chi connectivity index (χ4v) is 7.88. The van der Waals surface area contributed by atoms with Crippen LogP contribution >= 0.6 is 19.2 Å². The van der Waals surface area contributed by atoms with Crippen molar-refractivity contribution in [2.24, 2.45) is 11.5 Å². The minimum atomic E-state index is -5.06. The zero-order valence-corrected chi connectivity index (χ0v) is 32.7. The summed E-state index contributed by atoms with van der Waals surface area (Å²) in [4.78, 5) is 114. The predicted molar refractivity (Wildman–Crippen MR) is 206 cm³/mol. The number of carbonyl (C=O) groups excluding carboxylic acids is 7. The fourth-order valence-electron chi connectivity index (χ4n) is 7.13. The number of fused-ring (bicyclic) bond motifs is 2. The lowest BCUT2D eigenvalue weighted by molar-refractivity contribution is -0.145. The molecule has 20 heteroatoms. The summed E-state index contributed by atoms with van der Waals surface area (Å²) >= 11 is 6.60. The molecule has 4 atom stereocenters. The molecule has 6 amide bonds. The van der Waals surface area contributed by atoms with Crippen LogP contribution in [0.4, 0.5) is 0 Å². The molecule has 57 heavy (non-hydrogen) atoms. The van der Waals surface area contributed by atoms with Crippen molar-refractivity contribution in [1.29, 1.82) is 0 Å². The van der Waals surface area contributed by atoms with Crippen molar-refractivity contribution in [2.45, 2.75) is 82.5 Å². The summed E-state index contributed by atoms with van der Waals surface area (Å²) < 4.78 is 17.5. The third-order valence-corrected chi connectivity index (χ3v) is 11.3. The first-order valence-corrected chi connectivity index (χ1v) is 20.3. The van der Waals surface area contributed by atoms with E-state index in [9.17, 15) is 47.9 Å². The van der Waals surface area contributed by atoms with Crippen LogP contribution in [0.5, 0.6) is 5.75 Å². The largest absolute Gasteiger partial charge is 0.490 e. The molecule has 3 unspecified atom stereocenters. The Morgan fingerprint density at radius 3 is 2.46 bits per heavy atom. The third kappa shape index (κ3) is 10.8. The topological polar surface area (TPSA) is 285 Å². The number of rotatable bonds is 16. The number of nitrogens with one attached hydrogen (secondary N) is 3. The molecule has 0 aliphatic carbocycles. The molecule has 0 saturated carbocycles. The highest BCUT2D eigenvalue weighted by atomic mass is 35.5. The minimum Gasteiger partial charge on any atom is -0.490 e. The van der Waals surface area contributed by atoms with Crippen molar-refractivity contribution in [1.82, 2.24) is 25.4 Å². The van der Waals surface area contributed by atoms with Crippen LogP contribution in [-0.4, -0.2) is 109 Å². The number of carbonyl (C=O) groups is 7. The van der Waals surface area contributed by atoms with Gasteiger partial charge in [0, 0.05) is 55.4 Å². The van der Waals surface area contributed by atoms with E-state index in [1.807, 2.05) is 0 Å².